The first-order valence-electron chi connectivity index (χ1n) is 8.22. The summed E-state index contributed by atoms with van der Waals surface area (Å²) in [6, 6.07) is 6.09. The predicted octanol–water partition coefficient (Wildman–Crippen LogP) is -2.48. The summed E-state index contributed by atoms with van der Waals surface area (Å²) in [5, 5.41) is 0. The van der Waals surface area contributed by atoms with Gasteiger partial charge in [0.2, 0.25) is 5.91 Å². The zero-order chi connectivity index (χ0) is 17.3. The minimum absolute atomic E-state index is 0.139. The molecule has 0 saturated carbocycles. The lowest BCUT2D eigenvalue weighted by Gasteiger charge is -2.30. The molecule has 1 aromatic carbocycles. The van der Waals surface area contributed by atoms with Crippen LogP contribution < -0.4 is 14.7 Å². The van der Waals surface area contributed by atoms with Crippen molar-refractivity contribution < 1.29 is 28.9 Å². The molecule has 0 unspecified atom stereocenters. The van der Waals surface area contributed by atoms with Gasteiger partial charge in [-0.2, -0.15) is 0 Å². The molecule has 1 aromatic rings. The number of piperazine rings is 1. The number of nitrogens with zero attached hydrogens (tertiary/aromatic N) is 1. The van der Waals surface area contributed by atoms with Crippen LogP contribution in [0.4, 0.5) is 5.69 Å². The molecule has 2 fully saturated rings. The Kier molecular flexibility index (Phi) is 4.64. The van der Waals surface area contributed by atoms with Crippen LogP contribution in [0.1, 0.15) is 16.8 Å². The van der Waals surface area contributed by atoms with Crippen LogP contribution in [0.5, 0.6) is 0 Å². The lowest BCUT2D eigenvalue weighted by atomic mass is 10.1. The average molecular weight is 333 g/mol. The van der Waals surface area contributed by atoms with E-state index in [0.29, 0.717) is 11.3 Å². The number of nitrogens with one attached hydrogen (secondary N) is 2. The van der Waals surface area contributed by atoms with E-state index in [4.69, 9.17) is 0 Å². The number of hydrogen-bond acceptors (Lipinski definition) is 4. The van der Waals surface area contributed by atoms with Gasteiger partial charge in [-0.1, -0.05) is 0 Å². The van der Waals surface area contributed by atoms with E-state index in [1.165, 1.54) is 21.8 Å². The number of carbonyl (C=O) groups is 3. The van der Waals surface area contributed by atoms with Crippen molar-refractivity contribution in [3.63, 3.8) is 0 Å². The fourth-order valence-electron chi connectivity index (χ4n) is 3.43. The summed E-state index contributed by atoms with van der Waals surface area (Å²) in [5.41, 5.74) is 0.906. The maximum absolute atomic E-state index is 12.8. The zero-order valence-electron chi connectivity index (χ0n) is 14.0. The summed E-state index contributed by atoms with van der Waals surface area (Å²) in [7, 11) is 3.46. The molecule has 2 amide bonds. The number of likely N-dealkylation sites (N-methyl/N-ethyl adjacent to an activating group) is 1. The normalized spacial score (nSPS) is 27.4. The molecule has 2 N–H and O–H groups in total. The first-order valence-corrected chi connectivity index (χ1v) is 8.22. The second-order valence-electron chi connectivity index (χ2n) is 6.48. The zero-order valence-corrected chi connectivity index (χ0v) is 14.0. The van der Waals surface area contributed by atoms with Crippen molar-refractivity contribution in [2.24, 2.45) is 0 Å². The fraction of sp³-hybridized carbons (Fsp3) is 0.471. The number of quaternary nitrogens is 2. The van der Waals surface area contributed by atoms with E-state index in [1.807, 2.05) is 0 Å². The van der Waals surface area contributed by atoms with Gasteiger partial charge in [-0.25, -0.2) is 9.69 Å². The highest BCUT2D eigenvalue weighted by Crippen LogP contribution is 2.22. The maximum atomic E-state index is 12.8. The van der Waals surface area contributed by atoms with Gasteiger partial charge in [-0.3, -0.25) is 9.59 Å². The molecular formula is C17H23N3O4+2. The van der Waals surface area contributed by atoms with E-state index >= 15 is 0 Å². The third-order valence-corrected chi connectivity index (χ3v) is 4.93. The summed E-state index contributed by atoms with van der Waals surface area (Å²) in [5.74, 6) is -0.752. The lowest BCUT2D eigenvalue weighted by Crippen LogP contribution is -3.29. The molecule has 7 nitrogen and oxygen atoms in total. The largest absolute Gasteiger partial charge is 0.465 e. The molecule has 0 bridgehead atoms. The van der Waals surface area contributed by atoms with Gasteiger partial charge in [0.1, 0.15) is 26.2 Å². The predicted molar refractivity (Wildman–Crippen MR) is 86.0 cm³/mol. The van der Waals surface area contributed by atoms with Gasteiger partial charge >= 0.3 is 5.97 Å². The van der Waals surface area contributed by atoms with E-state index in [1.54, 1.807) is 24.3 Å². The van der Waals surface area contributed by atoms with Gasteiger partial charge in [0.05, 0.1) is 31.8 Å². The summed E-state index contributed by atoms with van der Waals surface area (Å²) in [4.78, 5) is 40.5. The number of amides is 2. The average Bonchev–Trinajstić information content (AvgIpc) is 2.89. The van der Waals surface area contributed by atoms with Gasteiger partial charge in [0.25, 0.3) is 5.91 Å². The van der Waals surface area contributed by atoms with Crippen molar-refractivity contribution in [3.05, 3.63) is 29.8 Å². The number of hydrogen-bond donors (Lipinski definition) is 2. The van der Waals surface area contributed by atoms with Crippen LogP contribution in [0.15, 0.2) is 24.3 Å². The monoisotopic (exact) mass is 333 g/mol. The first-order chi connectivity index (χ1) is 11.5. The number of anilines is 1. The lowest BCUT2D eigenvalue weighted by molar-refractivity contribution is -1.01. The van der Waals surface area contributed by atoms with Gasteiger partial charge in [-0.05, 0) is 24.3 Å². The Labute approximate surface area is 140 Å². The van der Waals surface area contributed by atoms with Crippen LogP contribution in [-0.4, -0.2) is 64.2 Å². The molecule has 0 aliphatic carbocycles. The van der Waals surface area contributed by atoms with Crippen LogP contribution in [0, 0.1) is 0 Å². The van der Waals surface area contributed by atoms with Crippen LogP contribution in [0.25, 0.3) is 0 Å². The highest BCUT2D eigenvalue weighted by atomic mass is 16.5. The Morgan fingerprint density at radius 2 is 1.75 bits per heavy atom. The number of ether oxygens (including phenoxy) is 1. The van der Waals surface area contributed by atoms with Crippen molar-refractivity contribution in [3.8, 4) is 0 Å². The summed E-state index contributed by atoms with van der Waals surface area (Å²) < 4.78 is 4.66. The molecule has 2 saturated heterocycles. The number of imide groups is 1. The molecule has 0 aromatic heterocycles. The van der Waals surface area contributed by atoms with Crippen molar-refractivity contribution >= 4 is 23.5 Å². The smallest absolute Gasteiger partial charge is 0.337 e. The Balaban J connectivity index is 1.75. The third kappa shape index (κ3) is 3.05. The molecule has 1 atom stereocenters. The van der Waals surface area contributed by atoms with Crippen LogP contribution >= 0.6 is 0 Å². The summed E-state index contributed by atoms with van der Waals surface area (Å²) in [6.07, 6.45) is 0.256. The van der Waals surface area contributed by atoms with Crippen LogP contribution in [-0.2, 0) is 14.3 Å². The quantitative estimate of drug-likeness (QED) is 0.475. The highest BCUT2D eigenvalue weighted by molar-refractivity contribution is 6.21. The molecular weight excluding hydrogens is 310 g/mol. The van der Waals surface area contributed by atoms with Crippen molar-refractivity contribution in [2.75, 3.05) is 45.2 Å². The fourth-order valence-corrected chi connectivity index (χ4v) is 3.43. The van der Waals surface area contributed by atoms with Crippen molar-refractivity contribution in [1.82, 2.24) is 0 Å². The Morgan fingerprint density at radius 3 is 2.33 bits per heavy atom. The van der Waals surface area contributed by atoms with E-state index < -0.39 is 5.97 Å². The van der Waals surface area contributed by atoms with Crippen molar-refractivity contribution in [1.29, 1.82) is 0 Å². The standard InChI is InChI=1S/C17H21N3O4/c1-18-7-9-19(10-8-18)14-11-15(21)20(16(14)22)13-5-3-12(4-6-13)17(23)24-2/h3-6,14H,7-11H2,1-2H3/p+2/t14-/m0/s1. The van der Waals surface area contributed by atoms with Crippen molar-refractivity contribution in [2.45, 2.75) is 12.5 Å². The minimum atomic E-state index is -0.442. The molecule has 128 valence electrons. The Bertz CT molecular complexity index is 650. The van der Waals surface area contributed by atoms with Crippen LogP contribution in [0.2, 0.25) is 0 Å². The van der Waals surface area contributed by atoms with Gasteiger partial charge in [0, 0.05) is 0 Å². The molecule has 0 spiro atoms. The number of rotatable bonds is 3. The minimum Gasteiger partial charge on any atom is -0.465 e. The number of benzene rings is 1. The highest BCUT2D eigenvalue weighted by Gasteiger charge is 2.46. The maximum Gasteiger partial charge on any atom is 0.337 e. The molecule has 3 rings (SSSR count). The number of carbonyl (C=O) groups excluding carboxylic acids is 3. The first kappa shape index (κ1) is 16.6. The third-order valence-electron chi connectivity index (χ3n) is 4.93. The Hall–Kier alpha value is -2.25. The molecule has 7 heteroatoms. The molecule has 0 radical (unpaired) electrons. The van der Waals surface area contributed by atoms with Gasteiger partial charge in [0.15, 0.2) is 6.04 Å². The Morgan fingerprint density at radius 1 is 1.12 bits per heavy atom. The van der Waals surface area contributed by atoms with Crippen LogP contribution in [0.3, 0.4) is 0 Å². The second-order valence-corrected chi connectivity index (χ2v) is 6.48. The number of esters is 1. The second kappa shape index (κ2) is 6.70. The van der Waals surface area contributed by atoms with E-state index in [9.17, 15) is 14.4 Å². The summed E-state index contributed by atoms with van der Waals surface area (Å²) >= 11 is 0. The van der Waals surface area contributed by atoms with E-state index in [-0.39, 0.29) is 24.3 Å². The van der Waals surface area contributed by atoms with Gasteiger partial charge < -0.3 is 14.5 Å². The molecule has 24 heavy (non-hydrogen) atoms. The molecule has 2 aliphatic rings. The molecule has 2 heterocycles. The van der Waals surface area contributed by atoms with E-state index in [0.717, 1.165) is 26.2 Å². The number of methoxy groups -OCH3 is 1. The summed E-state index contributed by atoms with van der Waals surface area (Å²) in [6.45, 7) is 3.84. The SMILES string of the molecule is COC(=O)c1ccc(N2C(=O)C[C@H]([NH+]3CC[NH+](C)CC3)C2=O)cc1. The van der Waals surface area contributed by atoms with E-state index in [2.05, 4.69) is 11.8 Å². The molecule has 2 aliphatic heterocycles. The van der Waals surface area contributed by atoms with Gasteiger partial charge in [-0.15, -0.1) is 0 Å². The topological polar surface area (TPSA) is 72.6 Å².